The number of carbonyl (C=O) groups is 3. The van der Waals surface area contributed by atoms with Crippen molar-refractivity contribution in [3.63, 3.8) is 0 Å². The number of amides is 2. The van der Waals surface area contributed by atoms with E-state index in [-0.39, 0.29) is 31.2 Å². The van der Waals surface area contributed by atoms with E-state index in [1.807, 2.05) is 44.2 Å². The number of nitrogens with zero attached hydrogens (tertiary/aromatic N) is 3. The second-order valence-corrected chi connectivity index (χ2v) is 8.27. The van der Waals surface area contributed by atoms with Gasteiger partial charge in [-0.05, 0) is 35.8 Å². The third kappa shape index (κ3) is 7.58. The first-order valence-corrected chi connectivity index (χ1v) is 10.3. The number of hydrogen-bond donors (Lipinski definition) is 4. The Morgan fingerprint density at radius 3 is 2.45 bits per heavy atom. The van der Waals surface area contributed by atoms with Gasteiger partial charge in [-0.3, -0.25) is 9.59 Å². The smallest absolute Gasteiger partial charge is 0.326 e. The summed E-state index contributed by atoms with van der Waals surface area (Å²) in [7, 11) is 0. The van der Waals surface area contributed by atoms with Crippen molar-refractivity contribution < 1.29 is 24.6 Å². The van der Waals surface area contributed by atoms with Gasteiger partial charge in [-0.1, -0.05) is 49.3 Å². The molecule has 1 aliphatic carbocycles. The fourth-order valence-corrected chi connectivity index (χ4v) is 3.50. The lowest BCUT2D eigenvalue weighted by Crippen LogP contribution is -2.53. The molecule has 0 unspecified atom stereocenters. The van der Waals surface area contributed by atoms with E-state index in [0.717, 1.165) is 5.56 Å². The van der Waals surface area contributed by atoms with Crippen molar-refractivity contribution in [2.24, 2.45) is 22.9 Å². The van der Waals surface area contributed by atoms with E-state index in [4.69, 9.17) is 5.53 Å². The zero-order valence-corrected chi connectivity index (χ0v) is 17.6. The summed E-state index contributed by atoms with van der Waals surface area (Å²) in [5.74, 6) is -2.85. The Kier molecular flexibility index (Phi) is 8.84. The summed E-state index contributed by atoms with van der Waals surface area (Å²) in [5.41, 5.74) is 9.17. The van der Waals surface area contributed by atoms with Crippen LogP contribution in [0.4, 0.5) is 0 Å². The second-order valence-electron chi connectivity index (χ2n) is 8.27. The van der Waals surface area contributed by atoms with Gasteiger partial charge in [0, 0.05) is 17.3 Å². The van der Waals surface area contributed by atoms with Gasteiger partial charge < -0.3 is 20.8 Å². The van der Waals surface area contributed by atoms with Gasteiger partial charge in [0.05, 0.1) is 12.6 Å². The van der Waals surface area contributed by atoms with Crippen LogP contribution in [0.25, 0.3) is 10.4 Å². The summed E-state index contributed by atoms with van der Waals surface area (Å²) in [6.07, 6.45) is -0.0248. The van der Waals surface area contributed by atoms with Crippen molar-refractivity contribution in [1.29, 1.82) is 0 Å². The number of carbonyl (C=O) groups excluding carboxylic acids is 2. The molecule has 1 aliphatic rings. The minimum atomic E-state index is -1.13. The molecule has 168 valence electrons. The summed E-state index contributed by atoms with van der Waals surface area (Å²) < 4.78 is 0. The maximum atomic E-state index is 12.9. The van der Waals surface area contributed by atoms with Crippen LogP contribution in [0.3, 0.4) is 0 Å². The Hall–Kier alpha value is -3.10. The minimum Gasteiger partial charge on any atom is -0.480 e. The molecule has 0 aliphatic heterocycles. The molecule has 0 bridgehead atoms. The molecule has 0 saturated heterocycles. The molecule has 2 rings (SSSR count). The summed E-state index contributed by atoms with van der Waals surface area (Å²) in [5, 5.41) is 28.0. The number of carboxylic acid groups (broad SMARTS) is 1. The number of hydrogen-bond acceptors (Lipinski definition) is 5. The highest BCUT2D eigenvalue weighted by Gasteiger charge is 2.47. The molecule has 0 spiro atoms. The van der Waals surface area contributed by atoms with Crippen molar-refractivity contribution in [3.05, 3.63) is 46.3 Å². The number of aliphatic hydroxyl groups excluding tert-OH is 1. The van der Waals surface area contributed by atoms with E-state index in [1.165, 1.54) is 0 Å². The largest absolute Gasteiger partial charge is 0.480 e. The number of aliphatic hydroxyl groups is 1. The van der Waals surface area contributed by atoms with Crippen LogP contribution in [0.1, 0.15) is 32.3 Å². The van der Waals surface area contributed by atoms with Gasteiger partial charge in [0.15, 0.2) is 0 Å². The monoisotopic (exact) mass is 431 g/mol. The van der Waals surface area contributed by atoms with Crippen LogP contribution in [-0.2, 0) is 20.8 Å². The van der Waals surface area contributed by atoms with Crippen molar-refractivity contribution >= 4 is 17.8 Å². The lowest BCUT2D eigenvalue weighted by Gasteiger charge is -2.22. The quantitative estimate of drug-likeness (QED) is 0.224. The Morgan fingerprint density at radius 1 is 1.19 bits per heavy atom. The normalized spacial score (nSPS) is 20.1. The number of nitrogens with one attached hydrogen (secondary N) is 2. The maximum Gasteiger partial charge on any atom is 0.326 e. The summed E-state index contributed by atoms with van der Waals surface area (Å²) >= 11 is 0. The lowest BCUT2D eigenvalue weighted by atomic mass is 10.0. The first kappa shape index (κ1) is 24.2. The van der Waals surface area contributed by atoms with E-state index >= 15 is 0 Å². The van der Waals surface area contributed by atoms with E-state index in [0.29, 0.717) is 6.42 Å². The molecule has 1 aromatic rings. The number of aliphatic carboxylic acids is 1. The lowest BCUT2D eigenvalue weighted by molar-refractivity contribution is -0.142. The molecule has 0 heterocycles. The SMILES string of the molecule is CC(C)C[C@H](NC(=O)[C@H](Cc1ccccc1)NC(=O)[C@@H]1C[C@@H]1[C@@H](O)CN=[N+]=[N-])C(=O)O. The van der Waals surface area contributed by atoms with Crippen LogP contribution < -0.4 is 10.6 Å². The third-order valence-corrected chi connectivity index (χ3v) is 5.24. The van der Waals surface area contributed by atoms with E-state index < -0.39 is 41.9 Å². The van der Waals surface area contributed by atoms with Crippen LogP contribution >= 0.6 is 0 Å². The molecular weight excluding hydrogens is 402 g/mol. The molecule has 4 N–H and O–H groups in total. The van der Waals surface area contributed by atoms with Gasteiger partial charge in [0.2, 0.25) is 11.8 Å². The van der Waals surface area contributed by atoms with Gasteiger partial charge in [-0.25, -0.2) is 4.79 Å². The average Bonchev–Trinajstić information content (AvgIpc) is 3.52. The Labute approximate surface area is 180 Å². The van der Waals surface area contributed by atoms with Crippen LogP contribution in [0.15, 0.2) is 35.4 Å². The first-order chi connectivity index (χ1) is 14.7. The summed E-state index contributed by atoms with van der Waals surface area (Å²) in [4.78, 5) is 39.7. The van der Waals surface area contributed by atoms with Crippen LogP contribution in [-0.4, -0.2) is 52.7 Å². The number of benzene rings is 1. The molecule has 2 amide bonds. The minimum absolute atomic E-state index is 0.0633. The average molecular weight is 431 g/mol. The van der Waals surface area contributed by atoms with Crippen molar-refractivity contribution in [1.82, 2.24) is 10.6 Å². The zero-order valence-electron chi connectivity index (χ0n) is 17.6. The predicted octanol–water partition coefficient (Wildman–Crippen LogP) is 1.64. The second kappa shape index (κ2) is 11.3. The fraction of sp³-hybridized carbons (Fsp3) is 0.571. The van der Waals surface area contributed by atoms with Crippen molar-refractivity contribution in [2.75, 3.05) is 6.54 Å². The van der Waals surface area contributed by atoms with Gasteiger partial charge >= 0.3 is 5.97 Å². The summed E-state index contributed by atoms with van der Waals surface area (Å²) in [6.45, 7) is 3.61. The van der Waals surface area contributed by atoms with Gasteiger partial charge in [0.25, 0.3) is 0 Å². The van der Waals surface area contributed by atoms with Gasteiger partial charge in [0.1, 0.15) is 12.1 Å². The Balaban J connectivity index is 2.08. The number of carboxylic acids is 1. The molecular formula is C21H29N5O5. The number of azide groups is 1. The van der Waals surface area contributed by atoms with Crippen molar-refractivity contribution in [2.45, 2.75) is 51.3 Å². The van der Waals surface area contributed by atoms with Crippen LogP contribution in [0.2, 0.25) is 0 Å². The highest BCUT2D eigenvalue weighted by atomic mass is 16.4. The molecule has 31 heavy (non-hydrogen) atoms. The predicted molar refractivity (Wildman–Crippen MR) is 113 cm³/mol. The molecule has 5 atom stereocenters. The maximum absolute atomic E-state index is 12.9. The Bertz CT molecular complexity index is 825. The van der Waals surface area contributed by atoms with Crippen molar-refractivity contribution in [3.8, 4) is 0 Å². The molecule has 10 heteroatoms. The highest BCUT2D eigenvalue weighted by Crippen LogP contribution is 2.41. The van der Waals surface area contributed by atoms with Crippen LogP contribution in [0, 0.1) is 17.8 Å². The summed E-state index contributed by atoms with van der Waals surface area (Å²) in [6, 6.07) is 7.08. The van der Waals surface area contributed by atoms with Crippen LogP contribution in [0.5, 0.6) is 0 Å². The molecule has 0 radical (unpaired) electrons. The zero-order chi connectivity index (χ0) is 23.0. The molecule has 1 aromatic carbocycles. The number of rotatable bonds is 12. The highest BCUT2D eigenvalue weighted by molar-refractivity contribution is 5.92. The van der Waals surface area contributed by atoms with E-state index in [1.54, 1.807) is 0 Å². The van der Waals surface area contributed by atoms with Gasteiger partial charge in [-0.2, -0.15) is 0 Å². The molecule has 1 saturated carbocycles. The first-order valence-electron chi connectivity index (χ1n) is 10.3. The fourth-order valence-electron chi connectivity index (χ4n) is 3.50. The molecule has 10 nitrogen and oxygen atoms in total. The topological polar surface area (TPSA) is 164 Å². The van der Waals surface area contributed by atoms with Gasteiger partial charge in [-0.15, -0.1) is 0 Å². The molecule has 0 aromatic heterocycles. The third-order valence-electron chi connectivity index (χ3n) is 5.24. The van der Waals surface area contributed by atoms with E-state index in [9.17, 15) is 24.6 Å². The standard InChI is InChI=1S/C21H29N5O5/c1-12(2)8-17(21(30)31)25-20(29)16(9-13-6-4-3-5-7-13)24-19(28)15-10-14(15)18(27)11-23-26-22/h3-7,12,14-18,27H,8-11H2,1-2H3,(H,24,28)(H,25,29)(H,30,31)/t14-,15+,16-,17-,18-/m0/s1. The Morgan fingerprint density at radius 2 is 1.87 bits per heavy atom. The van der Waals surface area contributed by atoms with E-state index in [2.05, 4.69) is 20.7 Å². The molecule has 1 fully saturated rings.